The van der Waals surface area contributed by atoms with E-state index in [1.54, 1.807) is 13.0 Å². The third kappa shape index (κ3) is 3.75. The van der Waals surface area contributed by atoms with Crippen molar-refractivity contribution in [3.63, 3.8) is 0 Å². The van der Waals surface area contributed by atoms with Gasteiger partial charge in [0.15, 0.2) is 0 Å². The van der Waals surface area contributed by atoms with Crippen molar-refractivity contribution in [1.29, 1.82) is 0 Å². The van der Waals surface area contributed by atoms with Crippen molar-refractivity contribution in [1.82, 2.24) is 0 Å². The molecule has 0 aliphatic heterocycles. The fourth-order valence-electron chi connectivity index (χ4n) is 4.79. The standard InChI is InChI=1S/C24H26O5/c1-15-11-21(29-22(28)10-9-17-7-5-4-6-8-17)24(3)19(14-26)18(13-25)12-20(27)23(24)16(15)2/h4-10,12-15,19-21,23,27H,2,11H2,1,3H3/b10-9+/t15-,19-,20-,21+,23+,24-/m0/s1. The molecule has 0 heterocycles. The molecule has 1 aromatic rings. The van der Waals surface area contributed by atoms with Gasteiger partial charge >= 0.3 is 5.97 Å². The molecule has 2 aliphatic rings. The lowest BCUT2D eigenvalue weighted by atomic mass is 9.51. The van der Waals surface area contributed by atoms with Gasteiger partial charge in [-0.15, -0.1) is 0 Å². The maximum atomic E-state index is 12.6. The van der Waals surface area contributed by atoms with Crippen molar-refractivity contribution in [2.45, 2.75) is 32.5 Å². The monoisotopic (exact) mass is 394 g/mol. The SMILES string of the molecule is C=C1[C@@H]2[C@@H](O)C=C(C=O)[C@H](C=O)[C@@]2(C)[C@H](OC(=O)/C=C/c2ccccc2)C[C@@H]1C. The second-order valence-electron chi connectivity index (χ2n) is 8.11. The molecule has 5 nitrogen and oxygen atoms in total. The minimum Gasteiger partial charge on any atom is -0.459 e. The van der Waals surface area contributed by atoms with Crippen molar-refractivity contribution < 1.29 is 24.2 Å². The van der Waals surface area contributed by atoms with E-state index >= 15 is 0 Å². The van der Waals surface area contributed by atoms with Gasteiger partial charge < -0.3 is 14.6 Å². The summed E-state index contributed by atoms with van der Waals surface area (Å²) in [4.78, 5) is 36.1. The van der Waals surface area contributed by atoms with E-state index in [1.807, 2.05) is 37.3 Å². The summed E-state index contributed by atoms with van der Waals surface area (Å²) in [6, 6.07) is 9.37. The minimum atomic E-state index is -0.965. The molecule has 1 N–H and O–H groups in total. The molecule has 1 aromatic carbocycles. The fraction of sp³-hybridized carbons (Fsp3) is 0.375. The largest absolute Gasteiger partial charge is 0.459 e. The number of benzene rings is 1. The van der Waals surface area contributed by atoms with Crippen LogP contribution < -0.4 is 0 Å². The number of aliphatic hydroxyl groups is 1. The van der Waals surface area contributed by atoms with Crippen LogP contribution in [0.5, 0.6) is 0 Å². The molecule has 0 aromatic heterocycles. The van der Waals surface area contributed by atoms with Gasteiger partial charge in [0, 0.05) is 23.0 Å². The molecule has 3 rings (SSSR count). The first-order valence-corrected chi connectivity index (χ1v) is 9.75. The zero-order valence-electron chi connectivity index (χ0n) is 16.7. The lowest BCUT2D eigenvalue weighted by Gasteiger charge is -2.55. The Balaban J connectivity index is 1.92. The Morgan fingerprint density at radius 1 is 1.28 bits per heavy atom. The molecule has 1 saturated carbocycles. The van der Waals surface area contributed by atoms with Gasteiger partial charge in [-0.2, -0.15) is 0 Å². The second kappa shape index (κ2) is 8.29. The number of ether oxygens (including phenoxy) is 1. The Hall–Kier alpha value is -2.79. The summed E-state index contributed by atoms with van der Waals surface area (Å²) in [6.45, 7) is 7.90. The van der Waals surface area contributed by atoms with Crippen LogP contribution in [0.15, 0.2) is 60.2 Å². The Morgan fingerprint density at radius 2 is 1.97 bits per heavy atom. The molecular weight excluding hydrogens is 368 g/mol. The molecule has 0 amide bonds. The van der Waals surface area contributed by atoms with Gasteiger partial charge in [-0.3, -0.25) is 4.79 Å². The van der Waals surface area contributed by atoms with E-state index in [0.29, 0.717) is 19.0 Å². The zero-order valence-corrected chi connectivity index (χ0v) is 16.7. The summed E-state index contributed by atoms with van der Waals surface area (Å²) in [7, 11) is 0. The predicted octanol–water partition coefficient (Wildman–Crippen LogP) is 3.15. The third-order valence-electron chi connectivity index (χ3n) is 6.44. The normalized spacial score (nSPS) is 34.2. The highest BCUT2D eigenvalue weighted by atomic mass is 16.5. The van der Waals surface area contributed by atoms with Crippen LogP contribution in [0.25, 0.3) is 6.08 Å². The molecule has 0 radical (unpaired) electrons. The van der Waals surface area contributed by atoms with Gasteiger partial charge in [-0.05, 0) is 30.1 Å². The van der Waals surface area contributed by atoms with Gasteiger partial charge in [0.2, 0.25) is 0 Å². The van der Waals surface area contributed by atoms with E-state index in [4.69, 9.17) is 4.74 Å². The Labute approximate surface area is 170 Å². The molecule has 0 saturated heterocycles. The molecule has 1 fully saturated rings. The molecule has 0 bridgehead atoms. The van der Waals surface area contributed by atoms with E-state index in [0.717, 1.165) is 11.1 Å². The van der Waals surface area contributed by atoms with E-state index in [-0.39, 0.29) is 11.5 Å². The molecule has 152 valence electrons. The van der Waals surface area contributed by atoms with Crippen LogP contribution in [-0.4, -0.2) is 35.9 Å². The third-order valence-corrected chi connectivity index (χ3v) is 6.44. The highest BCUT2D eigenvalue weighted by molar-refractivity contribution is 5.87. The summed E-state index contributed by atoms with van der Waals surface area (Å²) in [5.74, 6) is -1.80. The highest BCUT2D eigenvalue weighted by Gasteiger charge is 2.58. The number of aldehydes is 2. The second-order valence-corrected chi connectivity index (χ2v) is 8.11. The van der Waals surface area contributed by atoms with Crippen molar-refractivity contribution in [3.05, 3.63) is 65.8 Å². The summed E-state index contributed by atoms with van der Waals surface area (Å²) >= 11 is 0. The Kier molecular flexibility index (Phi) is 5.99. The quantitative estimate of drug-likeness (QED) is 0.359. The maximum absolute atomic E-state index is 12.6. The Bertz CT molecular complexity index is 869. The summed E-state index contributed by atoms with van der Waals surface area (Å²) in [6.07, 6.45) is 4.62. The lowest BCUT2D eigenvalue weighted by molar-refractivity contribution is -0.166. The minimum absolute atomic E-state index is 0.00267. The van der Waals surface area contributed by atoms with Crippen LogP contribution in [-0.2, 0) is 19.1 Å². The molecule has 0 spiro atoms. The molecule has 6 atom stereocenters. The fourth-order valence-corrected chi connectivity index (χ4v) is 4.79. The van der Waals surface area contributed by atoms with Gasteiger partial charge in [0.1, 0.15) is 18.7 Å². The molecule has 0 unspecified atom stereocenters. The molecule has 5 heteroatoms. The number of esters is 1. The number of hydrogen-bond donors (Lipinski definition) is 1. The first-order valence-electron chi connectivity index (χ1n) is 9.75. The van der Waals surface area contributed by atoms with Crippen LogP contribution in [0.1, 0.15) is 25.8 Å². The number of fused-ring (bicyclic) bond motifs is 1. The molecule has 29 heavy (non-hydrogen) atoms. The number of hydrogen-bond acceptors (Lipinski definition) is 5. The number of carbonyl (C=O) groups is 3. The molecule has 2 aliphatic carbocycles. The average Bonchev–Trinajstić information content (AvgIpc) is 2.70. The van der Waals surface area contributed by atoms with Crippen molar-refractivity contribution in [2.75, 3.05) is 0 Å². The van der Waals surface area contributed by atoms with Crippen LogP contribution in [0.2, 0.25) is 0 Å². The number of carbonyl (C=O) groups excluding carboxylic acids is 3. The highest BCUT2D eigenvalue weighted by Crippen LogP contribution is 2.56. The summed E-state index contributed by atoms with van der Waals surface area (Å²) in [5, 5.41) is 10.7. The average molecular weight is 394 g/mol. The van der Waals surface area contributed by atoms with Crippen molar-refractivity contribution in [2.24, 2.45) is 23.2 Å². The van der Waals surface area contributed by atoms with Crippen molar-refractivity contribution >= 4 is 24.6 Å². The smallest absolute Gasteiger partial charge is 0.331 e. The maximum Gasteiger partial charge on any atom is 0.331 e. The lowest BCUT2D eigenvalue weighted by Crippen LogP contribution is -2.58. The van der Waals surface area contributed by atoms with Gasteiger partial charge in [0.05, 0.1) is 12.0 Å². The van der Waals surface area contributed by atoms with E-state index in [1.165, 1.54) is 12.2 Å². The van der Waals surface area contributed by atoms with E-state index < -0.39 is 35.4 Å². The van der Waals surface area contributed by atoms with E-state index in [9.17, 15) is 19.5 Å². The van der Waals surface area contributed by atoms with Crippen LogP contribution in [0.4, 0.5) is 0 Å². The topological polar surface area (TPSA) is 80.7 Å². The van der Waals surface area contributed by atoms with Gasteiger partial charge in [0.25, 0.3) is 0 Å². The summed E-state index contributed by atoms with van der Waals surface area (Å²) < 4.78 is 5.80. The number of aliphatic hydroxyl groups excluding tert-OH is 1. The van der Waals surface area contributed by atoms with Crippen LogP contribution in [0.3, 0.4) is 0 Å². The van der Waals surface area contributed by atoms with Gasteiger partial charge in [-0.1, -0.05) is 56.3 Å². The number of allylic oxidation sites excluding steroid dienone is 1. The number of rotatable bonds is 5. The first-order chi connectivity index (χ1) is 13.8. The van der Waals surface area contributed by atoms with Crippen molar-refractivity contribution in [3.8, 4) is 0 Å². The molecular formula is C24H26O5. The van der Waals surface area contributed by atoms with Crippen LogP contribution in [0, 0.1) is 23.2 Å². The first kappa shape index (κ1) is 20.9. The van der Waals surface area contributed by atoms with E-state index in [2.05, 4.69) is 6.58 Å². The van der Waals surface area contributed by atoms with Gasteiger partial charge in [-0.25, -0.2) is 4.79 Å². The Morgan fingerprint density at radius 3 is 2.59 bits per heavy atom. The summed E-state index contributed by atoms with van der Waals surface area (Å²) in [5.41, 5.74) is 0.935. The van der Waals surface area contributed by atoms with Crippen LogP contribution >= 0.6 is 0 Å². The zero-order chi connectivity index (χ0) is 21.2. The predicted molar refractivity (Wildman–Crippen MR) is 110 cm³/mol.